The summed E-state index contributed by atoms with van der Waals surface area (Å²) in [6.45, 7) is 2.10. The zero-order valence-electron chi connectivity index (χ0n) is 15.5. The molecule has 1 aromatic carbocycles. The Hall–Kier alpha value is -2.56. The number of piperidine rings is 1. The molecule has 2 aliphatic heterocycles. The Morgan fingerprint density at radius 1 is 0.963 bits per heavy atom. The van der Waals surface area contributed by atoms with Crippen molar-refractivity contribution in [3.63, 3.8) is 0 Å². The van der Waals surface area contributed by atoms with Crippen molar-refractivity contribution in [2.24, 2.45) is 5.92 Å². The van der Waals surface area contributed by atoms with E-state index < -0.39 is 0 Å². The van der Waals surface area contributed by atoms with Crippen LogP contribution in [0.25, 0.3) is 0 Å². The number of amides is 2. The fourth-order valence-electron chi connectivity index (χ4n) is 4.34. The topological polar surface area (TPSA) is 53.8 Å². The van der Waals surface area contributed by atoms with E-state index in [1.54, 1.807) is 17.0 Å². The Labute approximate surface area is 159 Å². The lowest BCUT2D eigenvalue weighted by Crippen LogP contribution is -2.46. The number of hydrogen-bond donors (Lipinski definition) is 0. The molecule has 0 radical (unpaired) electrons. The molecule has 2 saturated heterocycles. The van der Waals surface area contributed by atoms with Gasteiger partial charge in [-0.1, -0.05) is 30.3 Å². The molecule has 0 N–H and O–H groups in total. The van der Waals surface area contributed by atoms with Gasteiger partial charge in [0, 0.05) is 31.6 Å². The van der Waals surface area contributed by atoms with Crippen LogP contribution in [-0.4, -0.2) is 47.3 Å². The summed E-state index contributed by atoms with van der Waals surface area (Å²) in [5, 5.41) is 0. The number of hydrogen-bond acceptors (Lipinski definition) is 3. The zero-order chi connectivity index (χ0) is 18.6. The third kappa shape index (κ3) is 3.92. The van der Waals surface area contributed by atoms with Gasteiger partial charge in [-0.15, -0.1) is 0 Å². The number of carbonyl (C=O) groups excluding carboxylic acids is 2. The monoisotopic (exact) mass is 366 g/mol. The molecule has 0 unspecified atom stereocenters. The first kappa shape index (κ1) is 17.8. The van der Waals surface area contributed by atoms with Crippen molar-refractivity contribution >= 4 is 11.8 Å². The molecule has 1 aromatic heterocycles. The molecule has 3 heterocycles. The highest BCUT2D eigenvalue weighted by atomic mass is 16.3. The highest BCUT2D eigenvalue weighted by molar-refractivity contribution is 5.91. The van der Waals surface area contributed by atoms with E-state index in [-0.39, 0.29) is 17.7 Å². The molecule has 5 heteroatoms. The minimum atomic E-state index is -0.0750. The van der Waals surface area contributed by atoms with E-state index in [0.717, 1.165) is 38.6 Å². The highest BCUT2D eigenvalue weighted by Gasteiger charge is 2.35. The number of carbonyl (C=O) groups is 2. The summed E-state index contributed by atoms with van der Waals surface area (Å²) in [5.74, 6) is 0.608. The fraction of sp³-hybridized carbons (Fsp3) is 0.455. The first-order valence-electron chi connectivity index (χ1n) is 9.89. The van der Waals surface area contributed by atoms with E-state index in [9.17, 15) is 9.59 Å². The standard InChI is InChI=1S/C22H26N2O3/c25-21(24-12-4-8-19(24)16-17-6-2-1-3-7-17)18-10-13-23(14-11-18)22(26)20-9-5-15-27-20/h1-3,5-7,9,15,18-19H,4,8,10-14,16H2/t19-/m0/s1. The van der Waals surface area contributed by atoms with Crippen LogP contribution < -0.4 is 0 Å². The average molecular weight is 366 g/mol. The summed E-state index contributed by atoms with van der Waals surface area (Å²) in [5.41, 5.74) is 1.29. The van der Waals surface area contributed by atoms with Gasteiger partial charge < -0.3 is 14.2 Å². The van der Waals surface area contributed by atoms with Crippen molar-refractivity contribution in [2.45, 2.75) is 38.1 Å². The summed E-state index contributed by atoms with van der Waals surface area (Å²) < 4.78 is 5.21. The molecule has 2 amide bonds. The van der Waals surface area contributed by atoms with Gasteiger partial charge in [0.25, 0.3) is 5.91 Å². The van der Waals surface area contributed by atoms with Crippen LogP contribution in [0.1, 0.15) is 41.8 Å². The van der Waals surface area contributed by atoms with Gasteiger partial charge in [0.15, 0.2) is 5.76 Å². The number of likely N-dealkylation sites (tertiary alicyclic amines) is 2. The fourth-order valence-corrected chi connectivity index (χ4v) is 4.34. The van der Waals surface area contributed by atoms with Gasteiger partial charge in [0.2, 0.25) is 5.91 Å². The Bertz CT molecular complexity index is 764. The Morgan fingerprint density at radius 2 is 1.74 bits per heavy atom. The largest absolute Gasteiger partial charge is 0.459 e. The van der Waals surface area contributed by atoms with Gasteiger partial charge in [-0.2, -0.15) is 0 Å². The number of rotatable bonds is 4. The molecule has 142 valence electrons. The lowest BCUT2D eigenvalue weighted by Gasteiger charge is -2.34. The predicted octanol–water partition coefficient (Wildman–Crippen LogP) is 3.37. The summed E-state index contributed by atoms with van der Waals surface area (Å²) in [6.07, 6.45) is 6.08. The minimum Gasteiger partial charge on any atom is -0.459 e. The van der Waals surface area contributed by atoms with E-state index >= 15 is 0 Å². The molecule has 1 atom stereocenters. The average Bonchev–Trinajstić information content (AvgIpc) is 3.40. The first-order chi connectivity index (χ1) is 13.2. The quantitative estimate of drug-likeness (QED) is 0.834. The van der Waals surface area contributed by atoms with E-state index in [1.165, 1.54) is 11.8 Å². The molecule has 2 aliphatic rings. The second kappa shape index (κ2) is 7.99. The van der Waals surface area contributed by atoms with E-state index in [4.69, 9.17) is 4.42 Å². The second-order valence-corrected chi connectivity index (χ2v) is 7.56. The molecule has 2 aromatic rings. The van der Waals surface area contributed by atoms with Crippen molar-refractivity contribution < 1.29 is 14.0 Å². The SMILES string of the molecule is O=C(c1ccco1)N1CCC(C(=O)N2CCC[C@H]2Cc2ccccc2)CC1. The molecule has 27 heavy (non-hydrogen) atoms. The van der Waals surface area contributed by atoms with Crippen LogP contribution in [0.5, 0.6) is 0 Å². The van der Waals surface area contributed by atoms with E-state index in [1.807, 2.05) is 6.07 Å². The van der Waals surface area contributed by atoms with Gasteiger partial charge in [-0.05, 0) is 49.8 Å². The predicted molar refractivity (Wildman–Crippen MR) is 102 cm³/mol. The van der Waals surface area contributed by atoms with E-state index in [2.05, 4.69) is 29.2 Å². The molecule has 2 fully saturated rings. The highest BCUT2D eigenvalue weighted by Crippen LogP contribution is 2.27. The van der Waals surface area contributed by atoms with E-state index in [0.29, 0.717) is 24.9 Å². The maximum atomic E-state index is 13.1. The number of benzene rings is 1. The van der Waals surface area contributed by atoms with Gasteiger partial charge in [0.05, 0.1) is 6.26 Å². The molecule has 0 saturated carbocycles. The molecule has 0 spiro atoms. The number of nitrogens with zero attached hydrogens (tertiary/aromatic N) is 2. The van der Waals surface area contributed by atoms with Crippen molar-refractivity contribution in [3.8, 4) is 0 Å². The zero-order valence-corrected chi connectivity index (χ0v) is 15.5. The first-order valence-corrected chi connectivity index (χ1v) is 9.89. The molecule has 0 bridgehead atoms. The number of furan rings is 1. The second-order valence-electron chi connectivity index (χ2n) is 7.56. The van der Waals surface area contributed by atoms with Crippen LogP contribution in [-0.2, 0) is 11.2 Å². The van der Waals surface area contributed by atoms with Crippen LogP contribution >= 0.6 is 0 Å². The molecule has 4 rings (SSSR count). The van der Waals surface area contributed by atoms with Crippen molar-refractivity contribution in [3.05, 3.63) is 60.1 Å². The smallest absolute Gasteiger partial charge is 0.289 e. The van der Waals surface area contributed by atoms with Crippen molar-refractivity contribution in [1.29, 1.82) is 0 Å². The third-order valence-corrected chi connectivity index (χ3v) is 5.84. The Kier molecular flexibility index (Phi) is 5.28. The maximum absolute atomic E-state index is 13.1. The Balaban J connectivity index is 1.34. The van der Waals surface area contributed by atoms with Gasteiger partial charge in [0.1, 0.15) is 0 Å². The van der Waals surface area contributed by atoms with Crippen molar-refractivity contribution in [1.82, 2.24) is 9.80 Å². The third-order valence-electron chi connectivity index (χ3n) is 5.84. The summed E-state index contributed by atoms with van der Waals surface area (Å²) in [6, 6.07) is 14.1. The Morgan fingerprint density at radius 3 is 2.44 bits per heavy atom. The normalized spacial score (nSPS) is 20.8. The summed E-state index contributed by atoms with van der Waals surface area (Å²) >= 11 is 0. The minimum absolute atomic E-state index is 0.0297. The molecule has 5 nitrogen and oxygen atoms in total. The molecular weight excluding hydrogens is 340 g/mol. The van der Waals surface area contributed by atoms with Gasteiger partial charge in [-0.3, -0.25) is 9.59 Å². The maximum Gasteiger partial charge on any atom is 0.289 e. The van der Waals surface area contributed by atoms with Crippen LogP contribution in [0, 0.1) is 5.92 Å². The van der Waals surface area contributed by atoms with Crippen LogP contribution in [0.4, 0.5) is 0 Å². The summed E-state index contributed by atoms with van der Waals surface area (Å²) in [4.78, 5) is 29.4. The lowest BCUT2D eigenvalue weighted by atomic mass is 9.94. The van der Waals surface area contributed by atoms with Gasteiger partial charge >= 0.3 is 0 Å². The lowest BCUT2D eigenvalue weighted by molar-refractivity contribution is -0.137. The van der Waals surface area contributed by atoms with Crippen LogP contribution in [0.2, 0.25) is 0 Å². The van der Waals surface area contributed by atoms with Crippen molar-refractivity contribution in [2.75, 3.05) is 19.6 Å². The summed E-state index contributed by atoms with van der Waals surface area (Å²) in [7, 11) is 0. The molecular formula is C22H26N2O3. The van der Waals surface area contributed by atoms with Crippen LogP contribution in [0.3, 0.4) is 0 Å². The van der Waals surface area contributed by atoms with Gasteiger partial charge in [-0.25, -0.2) is 0 Å². The molecule has 0 aliphatic carbocycles. The van der Waals surface area contributed by atoms with Crippen LogP contribution in [0.15, 0.2) is 53.1 Å².